The monoisotopic (exact) mass is 642 g/mol. The van der Waals surface area contributed by atoms with E-state index in [0.29, 0.717) is 41.9 Å². The van der Waals surface area contributed by atoms with Crippen molar-refractivity contribution in [2.45, 2.75) is 44.8 Å². The van der Waals surface area contributed by atoms with Gasteiger partial charge in [0.25, 0.3) is 0 Å². The first-order valence-electron chi connectivity index (χ1n) is 14.6. The van der Waals surface area contributed by atoms with Crippen LogP contribution in [0.15, 0.2) is 48.7 Å². The lowest BCUT2D eigenvalue weighted by molar-refractivity contribution is -0.119. The second-order valence-electron chi connectivity index (χ2n) is 10.9. The predicted octanol–water partition coefficient (Wildman–Crippen LogP) is 7.26. The number of amides is 3. The first-order valence-corrected chi connectivity index (χ1v) is 15.0. The summed E-state index contributed by atoms with van der Waals surface area (Å²) < 4.78 is 44.8. The van der Waals surface area contributed by atoms with Gasteiger partial charge in [0.2, 0.25) is 5.91 Å². The van der Waals surface area contributed by atoms with E-state index in [9.17, 15) is 23.2 Å². The van der Waals surface area contributed by atoms with Crippen molar-refractivity contribution in [1.82, 2.24) is 9.88 Å². The number of aromatic nitrogens is 1. The highest BCUT2D eigenvalue weighted by atomic mass is 35.5. The van der Waals surface area contributed by atoms with Crippen LogP contribution in [0.3, 0.4) is 0 Å². The van der Waals surface area contributed by atoms with Crippen molar-refractivity contribution in [1.29, 1.82) is 0 Å². The molecule has 2 bridgehead atoms. The van der Waals surface area contributed by atoms with E-state index in [1.165, 1.54) is 7.11 Å². The van der Waals surface area contributed by atoms with E-state index in [-0.39, 0.29) is 48.6 Å². The Morgan fingerprint density at radius 3 is 2.73 bits per heavy atom. The van der Waals surface area contributed by atoms with Crippen LogP contribution in [0.25, 0.3) is 11.3 Å². The molecule has 2 aromatic carbocycles. The molecule has 3 heterocycles. The molecule has 3 aromatic rings. The Morgan fingerprint density at radius 1 is 1.13 bits per heavy atom. The van der Waals surface area contributed by atoms with Gasteiger partial charge >= 0.3 is 12.2 Å². The van der Waals surface area contributed by atoms with Gasteiger partial charge in [-0.3, -0.25) is 15.1 Å². The van der Waals surface area contributed by atoms with Crippen LogP contribution in [0.2, 0.25) is 5.02 Å². The van der Waals surface area contributed by atoms with Gasteiger partial charge in [-0.15, -0.1) is 0 Å². The fourth-order valence-electron chi connectivity index (χ4n) is 5.55. The normalized spacial score (nSPS) is 20.2. The quantitative estimate of drug-likeness (QED) is 0.215. The number of cyclic esters (lactones) is 1. The first-order chi connectivity index (χ1) is 21.7. The zero-order valence-electron chi connectivity index (χ0n) is 24.8. The minimum atomic E-state index is -1.12. The third-order valence-electron chi connectivity index (χ3n) is 7.94. The number of carbonyl (C=O) groups excluding carboxylic acids is 3. The largest absolute Gasteiger partial charge is 0.447 e. The number of nitrogens with zero attached hydrogens (tertiary/aromatic N) is 2. The van der Waals surface area contributed by atoms with Crippen LogP contribution in [0, 0.1) is 17.6 Å². The lowest BCUT2D eigenvalue weighted by Crippen LogP contribution is -2.42. The second kappa shape index (κ2) is 14.2. The average Bonchev–Trinajstić information content (AvgIpc) is 3.01. The summed E-state index contributed by atoms with van der Waals surface area (Å²) in [5.74, 6) is -2.36. The summed E-state index contributed by atoms with van der Waals surface area (Å²) in [7, 11) is 1.50. The molecule has 1 saturated heterocycles. The number of ether oxygens (including phenoxy) is 3. The SMILES string of the molecule is COCCOC(=O)Nc1ccc2c(c1)NC(=O)[C@H](C)CCC[C@H](N1CC[C@H](c3c(F)ccc(Cl)c3F)OC1=O)c1ccnc-2c1. The molecule has 5 rings (SSSR count). The fourth-order valence-corrected chi connectivity index (χ4v) is 5.71. The van der Waals surface area contributed by atoms with Crippen LogP contribution in [-0.2, 0) is 19.0 Å². The maximum Gasteiger partial charge on any atom is 0.411 e. The Labute approximate surface area is 264 Å². The van der Waals surface area contributed by atoms with Crippen LogP contribution in [0.4, 0.5) is 29.7 Å². The molecular formula is C32H33ClF2N4O6. The van der Waals surface area contributed by atoms with Gasteiger partial charge in [-0.25, -0.2) is 18.4 Å². The van der Waals surface area contributed by atoms with Gasteiger partial charge in [0.05, 0.1) is 34.6 Å². The van der Waals surface area contributed by atoms with Gasteiger partial charge in [0.1, 0.15) is 18.5 Å². The number of rotatable bonds is 6. The van der Waals surface area contributed by atoms with Crippen molar-refractivity contribution < 1.29 is 37.4 Å². The molecule has 3 atom stereocenters. The molecule has 0 saturated carbocycles. The Kier molecular flexibility index (Phi) is 10.1. The highest BCUT2D eigenvalue weighted by Gasteiger charge is 2.36. The maximum atomic E-state index is 14.7. The molecule has 1 aromatic heterocycles. The minimum absolute atomic E-state index is 0.0823. The number of halogens is 3. The van der Waals surface area contributed by atoms with Crippen LogP contribution in [0.1, 0.15) is 55.9 Å². The topological polar surface area (TPSA) is 119 Å². The standard InChI is InChI=1S/C32H33ClF2N4O6/c1-18-4-3-5-26(39-13-11-27(45-32(39)42)28-23(34)9-8-22(33)29(28)35)19-10-12-36-24(16-19)21-7-6-20(17-25(21)38-30(18)40)37-31(41)44-15-14-43-2/h6-10,12,16-18,26-27H,3-5,11,13-15H2,1-2H3,(H,37,41)(H,38,40)/t18-,26+,27-/m1/s1. The zero-order valence-corrected chi connectivity index (χ0v) is 25.5. The zero-order chi connectivity index (χ0) is 32.1. The van der Waals surface area contributed by atoms with Crippen molar-refractivity contribution in [2.24, 2.45) is 5.92 Å². The number of nitrogens with one attached hydrogen (secondary N) is 2. The molecule has 2 aliphatic rings. The number of hydrogen-bond acceptors (Lipinski definition) is 7. The molecule has 3 amide bonds. The number of fused-ring (bicyclic) bond motifs is 4. The molecular weight excluding hydrogens is 610 g/mol. The number of benzene rings is 2. The summed E-state index contributed by atoms with van der Waals surface area (Å²) in [5.41, 5.74) is 2.39. The van der Waals surface area contributed by atoms with E-state index in [0.717, 1.165) is 17.7 Å². The third-order valence-corrected chi connectivity index (χ3v) is 8.23. The van der Waals surface area contributed by atoms with Gasteiger partial charge in [0, 0.05) is 43.4 Å². The van der Waals surface area contributed by atoms with E-state index in [4.69, 9.17) is 25.8 Å². The van der Waals surface area contributed by atoms with Gasteiger partial charge < -0.3 is 24.4 Å². The predicted molar refractivity (Wildman–Crippen MR) is 163 cm³/mol. The summed E-state index contributed by atoms with van der Waals surface area (Å²) in [5, 5.41) is 5.37. The number of hydrogen-bond donors (Lipinski definition) is 2. The van der Waals surface area contributed by atoms with Crippen molar-refractivity contribution in [3.05, 3.63) is 76.4 Å². The van der Waals surface area contributed by atoms with E-state index in [1.807, 2.05) is 19.1 Å². The molecule has 238 valence electrons. The van der Waals surface area contributed by atoms with Gasteiger partial charge in [-0.2, -0.15) is 0 Å². The molecule has 0 unspecified atom stereocenters. The molecule has 13 heteroatoms. The number of anilines is 2. The van der Waals surface area contributed by atoms with Crippen molar-refractivity contribution in [2.75, 3.05) is 37.5 Å². The highest BCUT2D eigenvalue weighted by Crippen LogP contribution is 2.39. The van der Waals surface area contributed by atoms with Gasteiger partial charge in [-0.05, 0) is 60.9 Å². The summed E-state index contributed by atoms with van der Waals surface area (Å²) in [6.45, 7) is 2.33. The first kappa shape index (κ1) is 32.1. The Hall–Kier alpha value is -4.29. The van der Waals surface area contributed by atoms with Gasteiger partial charge in [0.15, 0.2) is 5.82 Å². The van der Waals surface area contributed by atoms with Crippen molar-refractivity contribution in [3.63, 3.8) is 0 Å². The van der Waals surface area contributed by atoms with Crippen LogP contribution >= 0.6 is 11.6 Å². The van der Waals surface area contributed by atoms with E-state index in [2.05, 4.69) is 15.6 Å². The number of methoxy groups -OCH3 is 1. The van der Waals surface area contributed by atoms with Crippen LogP contribution in [0.5, 0.6) is 0 Å². The summed E-state index contributed by atoms with van der Waals surface area (Å²) in [6.07, 6.45) is 0.918. The Bertz CT molecular complexity index is 1590. The molecule has 0 aliphatic carbocycles. The second-order valence-corrected chi connectivity index (χ2v) is 11.3. The average molecular weight is 643 g/mol. The summed E-state index contributed by atoms with van der Waals surface area (Å²) >= 11 is 5.87. The molecule has 0 spiro atoms. The van der Waals surface area contributed by atoms with E-state index >= 15 is 0 Å². The summed E-state index contributed by atoms with van der Waals surface area (Å²) in [6, 6.07) is 10.4. The van der Waals surface area contributed by atoms with Crippen LogP contribution < -0.4 is 10.6 Å². The van der Waals surface area contributed by atoms with E-state index in [1.54, 1.807) is 29.3 Å². The number of pyridine rings is 1. The molecule has 2 N–H and O–H groups in total. The minimum Gasteiger partial charge on any atom is -0.447 e. The molecule has 45 heavy (non-hydrogen) atoms. The van der Waals surface area contributed by atoms with Gasteiger partial charge in [-0.1, -0.05) is 24.9 Å². The molecule has 10 nitrogen and oxygen atoms in total. The van der Waals surface area contributed by atoms with Crippen LogP contribution in [-0.4, -0.2) is 54.8 Å². The Morgan fingerprint density at radius 2 is 1.96 bits per heavy atom. The maximum absolute atomic E-state index is 14.7. The van der Waals surface area contributed by atoms with E-state index < -0.39 is 36.0 Å². The molecule has 2 aliphatic heterocycles. The Balaban J connectivity index is 1.44. The molecule has 0 radical (unpaired) electrons. The fraction of sp³-hybridized carbons (Fsp3) is 0.375. The smallest absolute Gasteiger partial charge is 0.411 e. The third kappa shape index (κ3) is 7.34. The lowest BCUT2D eigenvalue weighted by Gasteiger charge is -2.38. The van der Waals surface area contributed by atoms with Crippen molar-refractivity contribution >= 4 is 41.1 Å². The highest BCUT2D eigenvalue weighted by molar-refractivity contribution is 6.30. The summed E-state index contributed by atoms with van der Waals surface area (Å²) in [4.78, 5) is 44.9. The number of carbonyl (C=O) groups is 3. The van der Waals surface area contributed by atoms with Crippen molar-refractivity contribution in [3.8, 4) is 11.3 Å². The molecule has 1 fully saturated rings. The lowest BCUT2D eigenvalue weighted by atomic mass is 9.93.